The maximum Gasteiger partial charge on any atom is 0.331 e. The van der Waals surface area contributed by atoms with Gasteiger partial charge in [-0.05, 0) is 19.3 Å². The molecular formula is C14H22N2O4. The number of imide groups is 2. The number of ether oxygens (including phenoxy) is 1. The van der Waals surface area contributed by atoms with E-state index < -0.39 is 17.4 Å². The molecule has 1 spiro atoms. The Kier molecular flexibility index (Phi) is 4.42. The van der Waals surface area contributed by atoms with Crippen molar-refractivity contribution in [2.75, 3.05) is 13.7 Å². The van der Waals surface area contributed by atoms with E-state index in [1.165, 1.54) is 12.0 Å². The molecule has 20 heavy (non-hydrogen) atoms. The van der Waals surface area contributed by atoms with Gasteiger partial charge in [-0.25, -0.2) is 4.79 Å². The number of nitrogens with zero attached hydrogens (tertiary/aromatic N) is 1. The summed E-state index contributed by atoms with van der Waals surface area (Å²) in [5.41, 5.74) is -1.03. The minimum Gasteiger partial charge on any atom is -0.383 e. The average Bonchev–Trinajstić information content (AvgIpc) is 2.45. The minimum absolute atomic E-state index is 0.292. The van der Waals surface area contributed by atoms with E-state index in [1.807, 2.05) is 6.92 Å². The molecule has 1 heterocycles. The van der Waals surface area contributed by atoms with Gasteiger partial charge in [-0.1, -0.05) is 26.2 Å². The third kappa shape index (κ3) is 2.32. The summed E-state index contributed by atoms with van der Waals surface area (Å²) in [5.74, 6) is -0.759. The fourth-order valence-electron chi connectivity index (χ4n) is 3.19. The van der Waals surface area contributed by atoms with Gasteiger partial charge in [0, 0.05) is 7.11 Å². The van der Waals surface area contributed by atoms with E-state index in [4.69, 9.17) is 4.74 Å². The molecule has 6 nitrogen and oxygen atoms in total. The predicted octanol–water partition coefficient (Wildman–Crippen LogP) is 1.44. The monoisotopic (exact) mass is 282 g/mol. The Bertz CT molecular complexity index is 415. The van der Waals surface area contributed by atoms with E-state index in [1.54, 1.807) is 0 Å². The second-order valence-electron chi connectivity index (χ2n) is 5.59. The standard InChI is InChI=1S/C14H22N2O4/c1-3-10(9-20-2)16-12(18)14(7-5-4-6-8-14)11(17)15-13(16)19/h10H,3-9H2,1-2H3,(H,15,17,19). The number of carbonyl (C=O) groups is 3. The van der Waals surface area contributed by atoms with Crippen LogP contribution in [0.5, 0.6) is 0 Å². The Morgan fingerprint density at radius 1 is 1.25 bits per heavy atom. The molecule has 112 valence electrons. The van der Waals surface area contributed by atoms with Crippen molar-refractivity contribution in [3.8, 4) is 0 Å². The van der Waals surface area contributed by atoms with Crippen LogP contribution in [-0.4, -0.2) is 42.5 Å². The highest BCUT2D eigenvalue weighted by Crippen LogP contribution is 2.40. The molecule has 1 N–H and O–H groups in total. The van der Waals surface area contributed by atoms with E-state index in [0.717, 1.165) is 19.3 Å². The third-order valence-electron chi connectivity index (χ3n) is 4.40. The van der Waals surface area contributed by atoms with Crippen LogP contribution in [0.1, 0.15) is 45.4 Å². The molecule has 4 amide bonds. The zero-order valence-electron chi connectivity index (χ0n) is 12.1. The molecule has 2 fully saturated rings. The molecule has 6 heteroatoms. The molecule has 1 aliphatic carbocycles. The molecule has 2 aliphatic rings. The number of amides is 4. The van der Waals surface area contributed by atoms with E-state index in [2.05, 4.69) is 5.32 Å². The lowest BCUT2D eigenvalue weighted by molar-refractivity contribution is -0.156. The van der Waals surface area contributed by atoms with Crippen molar-refractivity contribution in [2.24, 2.45) is 5.41 Å². The van der Waals surface area contributed by atoms with Gasteiger partial charge in [0.2, 0.25) is 11.8 Å². The maximum atomic E-state index is 12.8. The first-order chi connectivity index (χ1) is 9.56. The van der Waals surface area contributed by atoms with Gasteiger partial charge in [0.1, 0.15) is 5.41 Å². The van der Waals surface area contributed by atoms with Crippen LogP contribution in [0.25, 0.3) is 0 Å². The van der Waals surface area contributed by atoms with Crippen LogP contribution in [0, 0.1) is 5.41 Å². The van der Waals surface area contributed by atoms with Gasteiger partial charge in [-0.3, -0.25) is 19.8 Å². The minimum atomic E-state index is -1.03. The second kappa shape index (κ2) is 5.91. The van der Waals surface area contributed by atoms with Crippen LogP contribution in [0.3, 0.4) is 0 Å². The van der Waals surface area contributed by atoms with Gasteiger partial charge >= 0.3 is 6.03 Å². The van der Waals surface area contributed by atoms with Crippen molar-refractivity contribution in [1.29, 1.82) is 0 Å². The topological polar surface area (TPSA) is 75.7 Å². The van der Waals surface area contributed by atoms with Crippen molar-refractivity contribution in [2.45, 2.75) is 51.5 Å². The summed E-state index contributed by atoms with van der Waals surface area (Å²) in [5, 5.41) is 2.37. The normalized spacial score (nSPS) is 23.9. The first-order valence-corrected chi connectivity index (χ1v) is 7.25. The molecular weight excluding hydrogens is 260 g/mol. The number of carbonyl (C=O) groups excluding carboxylic acids is 3. The molecule has 1 aliphatic heterocycles. The first kappa shape index (κ1) is 15.0. The van der Waals surface area contributed by atoms with Crippen molar-refractivity contribution >= 4 is 17.8 Å². The summed E-state index contributed by atoms with van der Waals surface area (Å²) < 4.78 is 5.09. The molecule has 2 rings (SSSR count). The second-order valence-corrected chi connectivity index (χ2v) is 5.59. The Labute approximate surface area is 118 Å². The van der Waals surface area contributed by atoms with Crippen LogP contribution < -0.4 is 5.32 Å². The number of hydrogen-bond donors (Lipinski definition) is 1. The summed E-state index contributed by atoms with van der Waals surface area (Å²) >= 11 is 0. The van der Waals surface area contributed by atoms with Gasteiger partial charge in [-0.2, -0.15) is 0 Å². The van der Waals surface area contributed by atoms with E-state index in [9.17, 15) is 14.4 Å². The van der Waals surface area contributed by atoms with Crippen LogP contribution in [0.4, 0.5) is 4.79 Å². The Morgan fingerprint density at radius 3 is 2.45 bits per heavy atom. The van der Waals surface area contributed by atoms with Crippen LogP contribution in [-0.2, 0) is 14.3 Å². The van der Waals surface area contributed by atoms with Gasteiger partial charge < -0.3 is 4.74 Å². The van der Waals surface area contributed by atoms with Crippen molar-refractivity contribution < 1.29 is 19.1 Å². The van der Waals surface area contributed by atoms with Crippen LogP contribution in [0.15, 0.2) is 0 Å². The number of methoxy groups -OCH3 is 1. The quantitative estimate of drug-likeness (QED) is 0.792. The SMILES string of the molecule is CCC(COC)N1C(=O)NC(=O)C2(CCCCC2)C1=O. The Hall–Kier alpha value is -1.43. The molecule has 1 unspecified atom stereocenters. The molecule has 0 aromatic heterocycles. The van der Waals surface area contributed by atoms with Gasteiger partial charge in [0.15, 0.2) is 0 Å². The number of hydrogen-bond acceptors (Lipinski definition) is 4. The van der Waals surface area contributed by atoms with Crippen molar-refractivity contribution in [3.05, 3.63) is 0 Å². The van der Waals surface area contributed by atoms with E-state index >= 15 is 0 Å². The van der Waals surface area contributed by atoms with E-state index in [0.29, 0.717) is 25.9 Å². The lowest BCUT2D eigenvalue weighted by atomic mass is 9.71. The molecule has 1 saturated heterocycles. The molecule has 0 aromatic carbocycles. The highest BCUT2D eigenvalue weighted by Gasteiger charge is 2.55. The van der Waals surface area contributed by atoms with Crippen LogP contribution >= 0.6 is 0 Å². The lowest BCUT2D eigenvalue weighted by Gasteiger charge is -2.43. The summed E-state index contributed by atoms with van der Waals surface area (Å²) in [6, 6.07) is -0.931. The maximum absolute atomic E-state index is 12.8. The van der Waals surface area contributed by atoms with Crippen molar-refractivity contribution in [1.82, 2.24) is 10.2 Å². The molecule has 0 radical (unpaired) electrons. The molecule has 1 atom stereocenters. The predicted molar refractivity (Wildman–Crippen MR) is 71.9 cm³/mol. The summed E-state index contributed by atoms with van der Waals surface area (Å²) in [6.45, 7) is 2.19. The Morgan fingerprint density at radius 2 is 1.90 bits per heavy atom. The number of nitrogens with one attached hydrogen (secondary N) is 1. The van der Waals surface area contributed by atoms with Gasteiger partial charge in [0.05, 0.1) is 12.6 Å². The number of rotatable bonds is 4. The van der Waals surface area contributed by atoms with E-state index in [-0.39, 0.29) is 11.9 Å². The largest absolute Gasteiger partial charge is 0.383 e. The van der Waals surface area contributed by atoms with Crippen molar-refractivity contribution in [3.63, 3.8) is 0 Å². The Balaban J connectivity index is 2.30. The van der Waals surface area contributed by atoms with Gasteiger partial charge in [-0.15, -0.1) is 0 Å². The fraction of sp³-hybridized carbons (Fsp3) is 0.786. The lowest BCUT2D eigenvalue weighted by Crippen LogP contribution is -2.67. The highest BCUT2D eigenvalue weighted by atomic mass is 16.5. The summed E-state index contributed by atoms with van der Waals surface area (Å²) in [4.78, 5) is 38.2. The summed E-state index contributed by atoms with van der Waals surface area (Å²) in [7, 11) is 1.54. The van der Waals surface area contributed by atoms with Crippen LogP contribution in [0.2, 0.25) is 0 Å². The highest BCUT2D eigenvalue weighted by molar-refractivity contribution is 6.19. The number of barbiturate groups is 1. The number of urea groups is 1. The first-order valence-electron chi connectivity index (χ1n) is 7.25. The zero-order chi connectivity index (χ0) is 14.8. The van der Waals surface area contributed by atoms with Gasteiger partial charge in [0.25, 0.3) is 0 Å². The average molecular weight is 282 g/mol. The molecule has 0 bridgehead atoms. The molecule has 0 aromatic rings. The third-order valence-corrected chi connectivity index (χ3v) is 4.40. The fourth-order valence-corrected chi connectivity index (χ4v) is 3.19. The molecule has 1 saturated carbocycles. The summed E-state index contributed by atoms with van der Waals surface area (Å²) in [6.07, 6.45) is 4.41. The smallest absolute Gasteiger partial charge is 0.331 e. The zero-order valence-corrected chi connectivity index (χ0v) is 12.1.